The molecule has 0 saturated carbocycles. The number of benzene rings is 3. The summed E-state index contributed by atoms with van der Waals surface area (Å²) in [6.45, 7) is 1.90. The van der Waals surface area contributed by atoms with E-state index in [0.29, 0.717) is 16.5 Å². The average Bonchev–Trinajstić information content (AvgIpc) is 3.06. The predicted molar refractivity (Wildman–Crippen MR) is 128 cm³/mol. The molecule has 0 radical (unpaired) electrons. The maximum absolute atomic E-state index is 13.0. The normalized spacial score (nSPS) is 10.8. The summed E-state index contributed by atoms with van der Waals surface area (Å²) in [5.41, 5.74) is 2.09. The van der Waals surface area contributed by atoms with E-state index >= 15 is 0 Å². The average molecular weight is 547 g/mol. The molecular weight excluding hydrogens is 531 g/mol. The van der Waals surface area contributed by atoms with Crippen LogP contribution in [0.5, 0.6) is 5.88 Å². The smallest absolute Gasteiger partial charge is 0.345 e. The Morgan fingerprint density at radius 3 is 2.37 bits per heavy atom. The van der Waals surface area contributed by atoms with Gasteiger partial charge in [0.15, 0.2) is 0 Å². The van der Waals surface area contributed by atoms with Crippen LogP contribution in [0.3, 0.4) is 0 Å². The summed E-state index contributed by atoms with van der Waals surface area (Å²) in [5, 5.41) is 5.32. The van der Waals surface area contributed by atoms with Crippen molar-refractivity contribution in [3.63, 3.8) is 0 Å². The maximum Gasteiger partial charge on any atom is 0.345 e. The van der Waals surface area contributed by atoms with E-state index in [2.05, 4.69) is 27.7 Å². The SMILES string of the molecule is Cc1nn(-c2ccccc2)c(OC(=O)c2ccccc2I)c1Sc1ccc(Cl)cc1. The van der Waals surface area contributed by atoms with Gasteiger partial charge in [-0.15, -0.1) is 0 Å². The maximum atomic E-state index is 13.0. The number of hydrogen-bond donors (Lipinski definition) is 0. The second-order valence-electron chi connectivity index (χ2n) is 6.39. The number of ether oxygens (including phenoxy) is 1. The lowest BCUT2D eigenvalue weighted by molar-refractivity contribution is 0.0717. The van der Waals surface area contributed by atoms with Crippen LogP contribution in [-0.4, -0.2) is 15.7 Å². The van der Waals surface area contributed by atoms with Crippen LogP contribution in [0.2, 0.25) is 5.02 Å². The van der Waals surface area contributed by atoms with Crippen molar-refractivity contribution in [1.82, 2.24) is 9.78 Å². The third kappa shape index (κ3) is 4.55. The molecule has 7 heteroatoms. The Hall–Kier alpha value is -2.29. The number of carbonyl (C=O) groups excluding carboxylic acids is 1. The van der Waals surface area contributed by atoms with E-state index in [4.69, 9.17) is 16.3 Å². The van der Waals surface area contributed by atoms with Gasteiger partial charge in [0, 0.05) is 13.5 Å². The highest BCUT2D eigenvalue weighted by Gasteiger charge is 2.23. The Morgan fingerprint density at radius 2 is 1.67 bits per heavy atom. The zero-order valence-corrected chi connectivity index (χ0v) is 19.6. The second-order valence-corrected chi connectivity index (χ2v) is 9.07. The summed E-state index contributed by atoms with van der Waals surface area (Å²) in [5.74, 6) is -0.0293. The molecule has 0 amide bonds. The Labute approximate surface area is 197 Å². The molecule has 0 unspecified atom stereocenters. The Morgan fingerprint density at radius 1 is 1.00 bits per heavy atom. The molecule has 4 aromatic rings. The van der Waals surface area contributed by atoms with Crippen LogP contribution in [0.15, 0.2) is 88.7 Å². The fraction of sp³-hybridized carbons (Fsp3) is 0.0435. The van der Waals surface area contributed by atoms with Gasteiger partial charge in [0.1, 0.15) is 0 Å². The summed E-state index contributed by atoms with van der Waals surface area (Å²) in [7, 11) is 0. The van der Waals surface area contributed by atoms with Crippen molar-refractivity contribution in [3.8, 4) is 11.6 Å². The predicted octanol–water partition coefficient (Wildman–Crippen LogP) is 6.81. The van der Waals surface area contributed by atoms with Crippen LogP contribution >= 0.6 is 46.0 Å². The molecule has 0 saturated heterocycles. The molecule has 0 spiro atoms. The van der Waals surface area contributed by atoms with Gasteiger partial charge >= 0.3 is 5.97 Å². The highest BCUT2D eigenvalue weighted by molar-refractivity contribution is 14.1. The molecule has 0 aliphatic heterocycles. The summed E-state index contributed by atoms with van der Waals surface area (Å²) in [6, 6.07) is 24.5. The first kappa shape index (κ1) is 21.0. The molecule has 3 aromatic carbocycles. The van der Waals surface area contributed by atoms with Gasteiger partial charge in [-0.25, -0.2) is 4.79 Å². The first-order valence-corrected chi connectivity index (χ1v) is 11.4. The number of hydrogen-bond acceptors (Lipinski definition) is 4. The van der Waals surface area contributed by atoms with Crippen molar-refractivity contribution in [3.05, 3.63) is 98.7 Å². The van der Waals surface area contributed by atoms with Gasteiger partial charge in [-0.3, -0.25) is 0 Å². The highest BCUT2D eigenvalue weighted by atomic mass is 127. The zero-order chi connectivity index (χ0) is 21.1. The van der Waals surface area contributed by atoms with Crippen molar-refractivity contribution in [2.24, 2.45) is 0 Å². The number of para-hydroxylation sites is 1. The van der Waals surface area contributed by atoms with Crippen LogP contribution in [0.4, 0.5) is 0 Å². The molecule has 150 valence electrons. The quantitative estimate of drug-likeness (QED) is 0.204. The van der Waals surface area contributed by atoms with Crippen LogP contribution in [0, 0.1) is 10.5 Å². The van der Waals surface area contributed by atoms with Gasteiger partial charge in [-0.2, -0.15) is 9.78 Å². The van der Waals surface area contributed by atoms with Gasteiger partial charge in [-0.05, 0) is 78.0 Å². The molecule has 0 aliphatic carbocycles. The molecule has 4 rings (SSSR count). The summed E-state index contributed by atoms with van der Waals surface area (Å²) in [4.78, 5) is 14.7. The van der Waals surface area contributed by atoms with Crippen LogP contribution in [-0.2, 0) is 0 Å². The van der Waals surface area contributed by atoms with Gasteiger partial charge in [0.25, 0.3) is 0 Å². The van der Waals surface area contributed by atoms with Crippen molar-refractivity contribution < 1.29 is 9.53 Å². The van der Waals surface area contributed by atoms with E-state index in [9.17, 15) is 4.79 Å². The van der Waals surface area contributed by atoms with Crippen molar-refractivity contribution in [2.45, 2.75) is 16.7 Å². The fourth-order valence-electron chi connectivity index (χ4n) is 2.83. The molecule has 0 N–H and O–H groups in total. The zero-order valence-electron chi connectivity index (χ0n) is 15.9. The molecule has 30 heavy (non-hydrogen) atoms. The monoisotopic (exact) mass is 546 g/mol. The highest BCUT2D eigenvalue weighted by Crippen LogP contribution is 2.39. The number of esters is 1. The summed E-state index contributed by atoms with van der Waals surface area (Å²) in [6.07, 6.45) is 0. The molecule has 1 aromatic heterocycles. The summed E-state index contributed by atoms with van der Waals surface area (Å²) < 4.78 is 8.42. The van der Waals surface area contributed by atoms with E-state index in [1.807, 2.05) is 79.7 Å². The minimum atomic E-state index is -0.421. The number of rotatable bonds is 5. The first-order chi connectivity index (χ1) is 14.5. The molecule has 4 nitrogen and oxygen atoms in total. The van der Waals surface area contributed by atoms with Gasteiger partial charge < -0.3 is 4.74 Å². The molecule has 0 aliphatic rings. The number of halogens is 2. The van der Waals surface area contributed by atoms with Gasteiger partial charge in [0.2, 0.25) is 5.88 Å². The third-order valence-corrected chi connectivity index (χ3v) is 6.66. The Balaban J connectivity index is 1.78. The van der Waals surface area contributed by atoms with E-state index < -0.39 is 5.97 Å². The van der Waals surface area contributed by atoms with E-state index in [0.717, 1.165) is 24.7 Å². The topological polar surface area (TPSA) is 44.1 Å². The van der Waals surface area contributed by atoms with Crippen LogP contribution < -0.4 is 4.74 Å². The molecule has 0 atom stereocenters. The molecule has 0 bridgehead atoms. The Kier molecular flexibility index (Phi) is 6.46. The number of aryl methyl sites for hydroxylation is 1. The third-order valence-electron chi connectivity index (χ3n) is 4.28. The second kappa shape index (κ2) is 9.24. The number of nitrogens with zero attached hydrogens (tertiary/aromatic N) is 2. The van der Waals surface area contributed by atoms with Gasteiger partial charge in [-0.1, -0.05) is 53.7 Å². The lowest BCUT2D eigenvalue weighted by Crippen LogP contribution is -2.13. The van der Waals surface area contributed by atoms with E-state index in [1.54, 1.807) is 10.7 Å². The molecule has 1 heterocycles. The number of carbonyl (C=O) groups is 1. The lowest BCUT2D eigenvalue weighted by atomic mass is 10.2. The molecule has 0 fully saturated rings. The molecular formula is C23H16ClIN2O2S. The minimum absolute atomic E-state index is 0.392. The first-order valence-electron chi connectivity index (χ1n) is 9.08. The Bertz CT molecular complexity index is 1190. The van der Waals surface area contributed by atoms with Crippen LogP contribution in [0.1, 0.15) is 16.1 Å². The van der Waals surface area contributed by atoms with Crippen molar-refractivity contribution in [2.75, 3.05) is 0 Å². The minimum Gasteiger partial charge on any atom is -0.402 e. The largest absolute Gasteiger partial charge is 0.402 e. The van der Waals surface area contributed by atoms with Gasteiger partial charge in [0.05, 0.1) is 21.8 Å². The lowest BCUT2D eigenvalue weighted by Gasteiger charge is -2.11. The standard InChI is InChI=1S/C23H16ClIN2O2S/c1-15-21(30-18-13-11-16(24)12-14-18)22(27(26-15)17-7-3-2-4-8-17)29-23(28)19-9-5-6-10-20(19)25/h2-14H,1H3. The van der Waals surface area contributed by atoms with Crippen molar-refractivity contribution in [1.29, 1.82) is 0 Å². The van der Waals surface area contributed by atoms with E-state index in [-0.39, 0.29) is 0 Å². The van der Waals surface area contributed by atoms with Crippen LogP contribution in [0.25, 0.3) is 5.69 Å². The van der Waals surface area contributed by atoms with Crippen molar-refractivity contribution >= 4 is 51.9 Å². The number of aromatic nitrogens is 2. The fourth-order valence-corrected chi connectivity index (χ4v) is 4.48. The summed E-state index contributed by atoms with van der Waals surface area (Å²) >= 11 is 9.64. The van der Waals surface area contributed by atoms with E-state index in [1.165, 1.54) is 11.8 Å².